The second-order valence-corrected chi connectivity index (χ2v) is 7.15. The van der Waals surface area contributed by atoms with E-state index in [9.17, 15) is 0 Å². The summed E-state index contributed by atoms with van der Waals surface area (Å²) >= 11 is 1.76. The zero-order valence-corrected chi connectivity index (χ0v) is 15.5. The summed E-state index contributed by atoms with van der Waals surface area (Å²) in [5.41, 5.74) is 2.12. The molecule has 0 fully saturated rings. The number of aromatic nitrogens is 2. The molecule has 132 valence electrons. The molecule has 0 amide bonds. The molecule has 0 spiro atoms. The van der Waals surface area contributed by atoms with Crippen molar-refractivity contribution in [2.24, 2.45) is 0 Å². The molecule has 0 unspecified atom stereocenters. The number of nitrogens with zero attached hydrogens (tertiary/aromatic N) is 2. The fourth-order valence-corrected chi connectivity index (χ4v) is 3.90. The van der Waals surface area contributed by atoms with Gasteiger partial charge in [0.1, 0.15) is 17.6 Å². The Balaban J connectivity index is 1.53. The van der Waals surface area contributed by atoms with Gasteiger partial charge in [-0.1, -0.05) is 36.4 Å². The number of hydrogen-bond donors (Lipinski definition) is 1. The topological polar surface area (TPSA) is 68.7 Å². The zero-order valence-electron chi connectivity index (χ0n) is 14.7. The molecule has 0 saturated carbocycles. The molecule has 3 heterocycles. The number of nitrogens with two attached hydrogens (primary N) is 1. The van der Waals surface area contributed by atoms with E-state index in [0.29, 0.717) is 18.3 Å². The minimum absolute atomic E-state index is 0.212. The fourth-order valence-electron chi connectivity index (χ4n) is 3.05. The number of aryl methyl sites for hydroxylation is 2. The SMILES string of the molecule is Cc1cc(-c2nnc(C[NH2+][C@@H](c3ccccc3)c3cccs3)o2)c(C)o1. The van der Waals surface area contributed by atoms with Crippen molar-refractivity contribution in [3.63, 3.8) is 0 Å². The second kappa shape index (κ2) is 7.27. The summed E-state index contributed by atoms with van der Waals surface area (Å²) < 4.78 is 11.4. The van der Waals surface area contributed by atoms with Crippen LogP contribution in [0.3, 0.4) is 0 Å². The molecule has 4 aromatic rings. The van der Waals surface area contributed by atoms with Crippen LogP contribution in [0.1, 0.15) is 33.9 Å². The monoisotopic (exact) mass is 366 g/mol. The van der Waals surface area contributed by atoms with E-state index in [0.717, 1.165) is 17.1 Å². The lowest BCUT2D eigenvalue weighted by molar-refractivity contribution is -0.703. The Morgan fingerprint density at radius 1 is 1.04 bits per heavy atom. The van der Waals surface area contributed by atoms with Crippen LogP contribution >= 0.6 is 11.3 Å². The van der Waals surface area contributed by atoms with Crippen LogP contribution in [0.4, 0.5) is 0 Å². The van der Waals surface area contributed by atoms with Crippen LogP contribution < -0.4 is 5.32 Å². The molecule has 3 aromatic heterocycles. The van der Waals surface area contributed by atoms with Crippen molar-refractivity contribution in [3.05, 3.63) is 81.8 Å². The van der Waals surface area contributed by atoms with E-state index in [1.54, 1.807) is 11.3 Å². The molecule has 0 bridgehead atoms. The second-order valence-electron chi connectivity index (χ2n) is 6.17. The van der Waals surface area contributed by atoms with E-state index in [1.807, 2.05) is 26.0 Å². The molecule has 5 nitrogen and oxygen atoms in total. The number of quaternary nitrogens is 1. The third-order valence-corrected chi connectivity index (χ3v) is 5.23. The molecule has 1 atom stereocenters. The van der Waals surface area contributed by atoms with Gasteiger partial charge in [0.2, 0.25) is 0 Å². The number of rotatable bonds is 6. The first-order valence-electron chi connectivity index (χ1n) is 8.52. The number of thiophene rings is 1. The van der Waals surface area contributed by atoms with Crippen LogP contribution in [0.15, 0.2) is 62.7 Å². The largest absolute Gasteiger partial charge is 0.466 e. The van der Waals surface area contributed by atoms with Crippen molar-refractivity contribution in [2.45, 2.75) is 26.4 Å². The van der Waals surface area contributed by atoms with Gasteiger partial charge in [-0.05, 0) is 31.4 Å². The lowest BCUT2D eigenvalue weighted by Crippen LogP contribution is -2.83. The summed E-state index contributed by atoms with van der Waals surface area (Å²) in [6.45, 7) is 4.42. The lowest BCUT2D eigenvalue weighted by atomic mass is 10.1. The summed E-state index contributed by atoms with van der Waals surface area (Å²) in [5, 5.41) is 12.7. The first kappa shape index (κ1) is 16.8. The standard InChI is InChI=1S/C20H19N3O2S/c1-13-11-16(14(2)24-13)20-23-22-18(25-20)12-21-19(17-9-6-10-26-17)15-7-4-3-5-8-15/h3-11,19,21H,12H2,1-2H3/p+1/t19-/m0/s1. The molecule has 26 heavy (non-hydrogen) atoms. The van der Waals surface area contributed by atoms with Gasteiger partial charge < -0.3 is 14.2 Å². The Morgan fingerprint density at radius 2 is 1.88 bits per heavy atom. The summed E-state index contributed by atoms with van der Waals surface area (Å²) in [6.07, 6.45) is 0. The molecule has 4 rings (SSSR count). The molecule has 6 heteroatoms. The average molecular weight is 366 g/mol. The highest BCUT2D eigenvalue weighted by atomic mass is 32.1. The predicted octanol–water partition coefficient (Wildman–Crippen LogP) is 3.86. The van der Waals surface area contributed by atoms with Crippen LogP contribution in [-0.2, 0) is 6.54 Å². The third-order valence-electron chi connectivity index (χ3n) is 4.27. The maximum Gasteiger partial charge on any atom is 0.271 e. The molecular weight excluding hydrogens is 346 g/mol. The molecule has 0 radical (unpaired) electrons. The predicted molar refractivity (Wildman–Crippen MR) is 99.7 cm³/mol. The Hall–Kier alpha value is -2.70. The molecular formula is C20H20N3O2S+. The number of hydrogen-bond acceptors (Lipinski definition) is 5. The van der Waals surface area contributed by atoms with E-state index in [2.05, 4.69) is 57.3 Å². The van der Waals surface area contributed by atoms with Gasteiger partial charge in [-0.25, -0.2) is 0 Å². The van der Waals surface area contributed by atoms with E-state index in [4.69, 9.17) is 8.83 Å². The van der Waals surface area contributed by atoms with E-state index in [1.165, 1.54) is 10.4 Å². The first-order chi connectivity index (χ1) is 12.7. The molecule has 0 aliphatic carbocycles. The van der Waals surface area contributed by atoms with Crippen LogP contribution in [0.5, 0.6) is 0 Å². The van der Waals surface area contributed by atoms with Gasteiger partial charge in [-0.2, -0.15) is 0 Å². The summed E-state index contributed by atoms with van der Waals surface area (Å²) in [4.78, 5) is 1.30. The highest BCUT2D eigenvalue weighted by molar-refractivity contribution is 7.10. The van der Waals surface area contributed by atoms with Crippen LogP contribution in [0, 0.1) is 13.8 Å². The first-order valence-corrected chi connectivity index (χ1v) is 9.40. The van der Waals surface area contributed by atoms with Gasteiger partial charge in [0, 0.05) is 5.56 Å². The average Bonchev–Trinajstić information content (AvgIpc) is 3.38. The molecule has 0 aliphatic heterocycles. The minimum atomic E-state index is 0.212. The summed E-state index contributed by atoms with van der Waals surface area (Å²) in [7, 11) is 0. The highest BCUT2D eigenvalue weighted by Gasteiger charge is 2.21. The normalized spacial score (nSPS) is 12.4. The maximum absolute atomic E-state index is 5.86. The van der Waals surface area contributed by atoms with Crippen LogP contribution in [-0.4, -0.2) is 10.2 Å². The number of furan rings is 1. The highest BCUT2D eigenvalue weighted by Crippen LogP contribution is 2.26. The van der Waals surface area contributed by atoms with Gasteiger partial charge in [-0.3, -0.25) is 0 Å². The molecule has 2 N–H and O–H groups in total. The van der Waals surface area contributed by atoms with Gasteiger partial charge >= 0.3 is 0 Å². The smallest absolute Gasteiger partial charge is 0.271 e. The Morgan fingerprint density at radius 3 is 2.58 bits per heavy atom. The van der Waals surface area contributed by atoms with E-state index < -0.39 is 0 Å². The van der Waals surface area contributed by atoms with Gasteiger partial charge in [0.25, 0.3) is 11.8 Å². The lowest BCUT2D eigenvalue weighted by Gasteiger charge is -2.13. The Labute approximate surface area is 155 Å². The summed E-state index contributed by atoms with van der Waals surface area (Å²) in [6, 6.07) is 16.9. The third kappa shape index (κ3) is 3.47. The van der Waals surface area contributed by atoms with Crippen molar-refractivity contribution >= 4 is 11.3 Å². The van der Waals surface area contributed by atoms with Crippen molar-refractivity contribution in [1.82, 2.24) is 10.2 Å². The maximum atomic E-state index is 5.86. The van der Waals surface area contributed by atoms with Crippen molar-refractivity contribution in [2.75, 3.05) is 0 Å². The van der Waals surface area contributed by atoms with E-state index in [-0.39, 0.29) is 6.04 Å². The fraction of sp³-hybridized carbons (Fsp3) is 0.200. The van der Waals surface area contributed by atoms with Crippen molar-refractivity contribution in [3.8, 4) is 11.5 Å². The van der Waals surface area contributed by atoms with Crippen LogP contribution in [0.2, 0.25) is 0 Å². The van der Waals surface area contributed by atoms with Gasteiger partial charge in [0.05, 0.1) is 10.4 Å². The van der Waals surface area contributed by atoms with Gasteiger partial charge in [0.15, 0.2) is 6.54 Å². The molecule has 1 aromatic carbocycles. The van der Waals surface area contributed by atoms with E-state index >= 15 is 0 Å². The zero-order chi connectivity index (χ0) is 17.9. The van der Waals surface area contributed by atoms with Gasteiger partial charge in [-0.15, -0.1) is 21.5 Å². The summed E-state index contributed by atoms with van der Waals surface area (Å²) in [5.74, 6) is 2.75. The Kier molecular flexibility index (Phi) is 4.69. The molecule has 0 saturated heterocycles. The quantitative estimate of drug-likeness (QED) is 0.563. The van der Waals surface area contributed by atoms with Crippen molar-refractivity contribution in [1.29, 1.82) is 0 Å². The molecule has 0 aliphatic rings. The Bertz CT molecular complexity index is 974. The number of benzene rings is 1. The van der Waals surface area contributed by atoms with Crippen molar-refractivity contribution < 1.29 is 14.2 Å². The minimum Gasteiger partial charge on any atom is -0.466 e. The van der Waals surface area contributed by atoms with Crippen LogP contribution in [0.25, 0.3) is 11.5 Å².